The van der Waals surface area contributed by atoms with E-state index in [-0.39, 0.29) is 11.4 Å². The number of aromatic nitrogens is 1. The first-order valence-electron chi connectivity index (χ1n) is 7.14. The zero-order chi connectivity index (χ0) is 21.2. The van der Waals surface area contributed by atoms with Crippen molar-refractivity contribution in [3.8, 4) is 0 Å². The van der Waals surface area contributed by atoms with Crippen molar-refractivity contribution in [2.75, 3.05) is 7.05 Å². The van der Waals surface area contributed by atoms with Gasteiger partial charge in [-0.25, -0.2) is 4.98 Å². The summed E-state index contributed by atoms with van der Waals surface area (Å²) in [7, 11) is 1.21. The minimum atomic E-state index is -4.68. The highest BCUT2D eigenvalue weighted by molar-refractivity contribution is 6.33. The minimum Gasteiger partial charge on any atom is -0.309 e. The van der Waals surface area contributed by atoms with E-state index in [0.717, 1.165) is 11.8 Å². The van der Waals surface area contributed by atoms with Crippen LogP contribution in [0, 0.1) is 0 Å². The molecule has 148 valence electrons. The number of halogens is 7. The van der Waals surface area contributed by atoms with Gasteiger partial charge in [-0.15, -0.1) is 0 Å². The van der Waals surface area contributed by atoms with Gasteiger partial charge < -0.3 is 4.90 Å². The second kappa shape index (κ2) is 8.12. The van der Waals surface area contributed by atoms with Crippen molar-refractivity contribution in [1.82, 2.24) is 9.88 Å². The summed E-state index contributed by atoms with van der Waals surface area (Å²) in [6.07, 6.45) is -8.21. The van der Waals surface area contributed by atoms with Crippen LogP contribution >= 0.6 is 11.6 Å². The Kier molecular flexibility index (Phi) is 6.82. The molecule has 0 saturated carbocycles. The third kappa shape index (κ3) is 5.81. The smallest absolute Gasteiger partial charge is 0.309 e. The molecule has 0 atom stereocenters. The molecule has 1 heterocycles. The van der Waals surface area contributed by atoms with E-state index in [0.29, 0.717) is 18.5 Å². The number of amides is 1. The summed E-state index contributed by atoms with van der Waals surface area (Å²) >= 11 is 5.71. The first kappa shape index (κ1) is 22.7. The molecule has 1 rings (SSSR count). The average molecular weight is 414 g/mol. The summed E-state index contributed by atoms with van der Waals surface area (Å²) < 4.78 is 75.2. The SMILES string of the molecule is C=C(C(C)=N/C=C(\C)C(F)(F)F)N(C)C(=O)c1ncc(C(F)(F)F)cc1Cl. The maximum Gasteiger partial charge on any atom is 0.417 e. The van der Waals surface area contributed by atoms with Gasteiger partial charge in [0.2, 0.25) is 0 Å². The van der Waals surface area contributed by atoms with Gasteiger partial charge in [-0.3, -0.25) is 9.79 Å². The number of carbonyl (C=O) groups excluding carboxylic acids is 1. The van der Waals surface area contributed by atoms with Crippen LogP contribution in [0.25, 0.3) is 0 Å². The quantitative estimate of drug-likeness (QED) is 0.499. The lowest BCUT2D eigenvalue weighted by atomic mass is 10.2. The molecule has 27 heavy (non-hydrogen) atoms. The van der Waals surface area contributed by atoms with Gasteiger partial charge >= 0.3 is 12.4 Å². The Labute approximate surface area is 155 Å². The molecule has 0 aliphatic rings. The molecule has 1 amide bonds. The summed E-state index contributed by atoms with van der Waals surface area (Å²) in [6.45, 7) is 5.67. The predicted octanol–water partition coefficient (Wildman–Crippen LogP) is 5.27. The highest BCUT2D eigenvalue weighted by Gasteiger charge is 2.33. The van der Waals surface area contributed by atoms with E-state index in [1.54, 1.807) is 0 Å². The molecule has 1 aromatic heterocycles. The maximum absolute atomic E-state index is 12.6. The second-order valence-corrected chi connectivity index (χ2v) is 5.79. The number of nitrogens with zero attached hydrogens (tertiary/aromatic N) is 3. The van der Waals surface area contributed by atoms with Crippen LogP contribution in [0.4, 0.5) is 26.3 Å². The standard InChI is InChI=1S/C16H14ClF6N3O/c1-8(15(18,19)20)6-24-9(2)10(3)26(4)14(27)13-12(17)5-11(7-25-13)16(21,22)23/h5-7H,3H2,1-2,4H3/b8-6+,24-9?. The molecule has 0 aromatic carbocycles. The van der Waals surface area contributed by atoms with E-state index in [1.807, 2.05) is 0 Å². The normalized spacial score (nSPS) is 13.6. The van der Waals surface area contributed by atoms with Gasteiger partial charge in [0.15, 0.2) is 0 Å². The fourth-order valence-corrected chi connectivity index (χ4v) is 1.86. The van der Waals surface area contributed by atoms with Crippen molar-refractivity contribution in [1.29, 1.82) is 0 Å². The van der Waals surface area contributed by atoms with E-state index >= 15 is 0 Å². The summed E-state index contributed by atoms with van der Waals surface area (Å²) in [5, 5.41) is -0.531. The van der Waals surface area contributed by atoms with E-state index < -0.39 is 40.1 Å². The van der Waals surface area contributed by atoms with Crippen molar-refractivity contribution >= 4 is 23.2 Å². The molecule has 11 heteroatoms. The monoisotopic (exact) mass is 413 g/mol. The predicted molar refractivity (Wildman–Crippen MR) is 88.4 cm³/mol. The van der Waals surface area contributed by atoms with Gasteiger partial charge in [0.25, 0.3) is 5.91 Å². The number of pyridine rings is 1. The lowest BCUT2D eigenvalue weighted by Gasteiger charge is -2.20. The van der Waals surface area contributed by atoms with Gasteiger partial charge in [0.05, 0.1) is 22.0 Å². The highest BCUT2D eigenvalue weighted by Crippen LogP contribution is 2.31. The molecule has 0 fully saturated rings. The van der Waals surface area contributed by atoms with Crippen LogP contribution in [-0.2, 0) is 6.18 Å². The molecular formula is C16H14ClF6N3O. The molecule has 4 nitrogen and oxygen atoms in total. The molecular weight excluding hydrogens is 400 g/mol. The topological polar surface area (TPSA) is 45.6 Å². The number of hydrogen-bond acceptors (Lipinski definition) is 3. The van der Waals surface area contributed by atoms with Crippen LogP contribution in [0.1, 0.15) is 29.9 Å². The van der Waals surface area contributed by atoms with Crippen LogP contribution in [0.15, 0.2) is 41.3 Å². The van der Waals surface area contributed by atoms with Crippen molar-refractivity contribution in [3.63, 3.8) is 0 Å². The molecule has 0 unspecified atom stereocenters. The van der Waals surface area contributed by atoms with Gasteiger partial charge in [-0.1, -0.05) is 18.2 Å². The number of rotatable bonds is 4. The van der Waals surface area contributed by atoms with E-state index in [2.05, 4.69) is 16.6 Å². The lowest BCUT2D eigenvalue weighted by molar-refractivity contribution is -0.137. The van der Waals surface area contributed by atoms with Gasteiger partial charge in [-0.2, -0.15) is 26.3 Å². The Morgan fingerprint density at radius 2 is 1.81 bits per heavy atom. The number of aliphatic imine (C=N–C) groups is 1. The Bertz CT molecular complexity index is 811. The van der Waals surface area contributed by atoms with Crippen LogP contribution in [0.2, 0.25) is 5.02 Å². The third-order valence-corrected chi connectivity index (χ3v) is 3.69. The second-order valence-electron chi connectivity index (χ2n) is 5.39. The van der Waals surface area contributed by atoms with Crippen LogP contribution in [-0.4, -0.2) is 34.7 Å². The van der Waals surface area contributed by atoms with Gasteiger partial charge in [0, 0.05) is 25.0 Å². The Morgan fingerprint density at radius 3 is 2.26 bits per heavy atom. The number of allylic oxidation sites excluding steroid dienone is 2. The first-order chi connectivity index (χ1) is 12.2. The summed E-state index contributed by atoms with van der Waals surface area (Å²) in [6, 6.07) is 0.550. The highest BCUT2D eigenvalue weighted by atomic mass is 35.5. The molecule has 0 aliphatic heterocycles. The Hall–Kier alpha value is -2.36. The molecule has 0 aliphatic carbocycles. The van der Waals surface area contributed by atoms with Crippen molar-refractivity contribution in [2.24, 2.45) is 4.99 Å². The molecule has 0 spiro atoms. The van der Waals surface area contributed by atoms with E-state index in [1.165, 1.54) is 14.0 Å². The molecule has 0 N–H and O–H groups in total. The molecule has 0 radical (unpaired) electrons. The Morgan fingerprint density at radius 1 is 1.26 bits per heavy atom. The third-order valence-electron chi connectivity index (χ3n) is 3.40. The lowest BCUT2D eigenvalue weighted by Crippen LogP contribution is -2.29. The summed E-state index contributed by atoms with van der Waals surface area (Å²) in [5.74, 6) is -0.898. The van der Waals surface area contributed by atoms with Gasteiger partial charge in [0.1, 0.15) is 5.69 Å². The van der Waals surface area contributed by atoms with Crippen LogP contribution < -0.4 is 0 Å². The number of carbonyl (C=O) groups is 1. The molecule has 0 saturated heterocycles. The fraction of sp³-hybridized carbons (Fsp3) is 0.312. The molecule has 1 aromatic rings. The maximum atomic E-state index is 12.6. The summed E-state index contributed by atoms with van der Waals surface area (Å²) in [4.78, 5) is 20.3. The number of hydrogen-bond donors (Lipinski definition) is 0. The number of alkyl halides is 6. The average Bonchev–Trinajstić information content (AvgIpc) is 2.55. The van der Waals surface area contributed by atoms with Crippen LogP contribution in [0.5, 0.6) is 0 Å². The van der Waals surface area contributed by atoms with Gasteiger partial charge in [-0.05, 0) is 19.9 Å². The zero-order valence-electron chi connectivity index (χ0n) is 14.3. The van der Waals surface area contributed by atoms with Crippen molar-refractivity contribution in [2.45, 2.75) is 26.2 Å². The van der Waals surface area contributed by atoms with E-state index in [4.69, 9.17) is 11.6 Å². The Balaban J connectivity index is 3.07. The largest absolute Gasteiger partial charge is 0.417 e. The fourth-order valence-electron chi connectivity index (χ4n) is 1.62. The summed E-state index contributed by atoms with van der Waals surface area (Å²) in [5.41, 5.74) is -2.66. The van der Waals surface area contributed by atoms with Crippen molar-refractivity contribution in [3.05, 3.63) is 52.6 Å². The first-order valence-corrected chi connectivity index (χ1v) is 7.52. The zero-order valence-corrected chi connectivity index (χ0v) is 15.1. The van der Waals surface area contributed by atoms with E-state index in [9.17, 15) is 31.1 Å². The van der Waals surface area contributed by atoms with Crippen molar-refractivity contribution < 1.29 is 31.1 Å². The molecule has 0 bridgehead atoms. The van der Waals surface area contributed by atoms with Crippen LogP contribution in [0.3, 0.4) is 0 Å². The minimum absolute atomic E-state index is 0.0162.